The molecule has 1 saturated carbocycles. The molecule has 0 bridgehead atoms. The van der Waals surface area contributed by atoms with E-state index < -0.39 is 0 Å². The number of nitrogens with zero attached hydrogens (tertiary/aromatic N) is 1. The number of aromatic amines is 1. The average molecular weight is 374 g/mol. The molecule has 0 radical (unpaired) electrons. The van der Waals surface area contributed by atoms with Crippen molar-refractivity contribution in [3.8, 4) is 0 Å². The first-order valence-corrected chi connectivity index (χ1v) is 8.13. The van der Waals surface area contributed by atoms with E-state index in [1.54, 1.807) is 0 Å². The molecule has 0 atom stereocenters. The lowest BCUT2D eigenvalue weighted by atomic mass is 9.69. The molecule has 0 saturated heterocycles. The number of aromatic nitrogens is 2. The summed E-state index contributed by atoms with van der Waals surface area (Å²) in [6, 6.07) is 0. The number of rotatable bonds is 1. The van der Waals surface area contributed by atoms with Gasteiger partial charge in [-0.3, -0.25) is 4.79 Å². The number of aryl methyl sites for hydroxylation is 1. The van der Waals surface area contributed by atoms with Gasteiger partial charge in [-0.1, -0.05) is 20.8 Å². The Balaban J connectivity index is 2.12. The molecule has 0 aromatic carbocycles. The summed E-state index contributed by atoms with van der Waals surface area (Å²) in [5.41, 5.74) is 1.27. The summed E-state index contributed by atoms with van der Waals surface area (Å²) in [6.45, 7) is 8.90. The second-order valence-electron chi connectivity index (χ2n) is 6.77. The lowest BCUT2D eigenvalue weighted by Crippen LogP contribution is -2.27. The predicted molar refractivity (Wildman–Crippen MR) is 86.5 cm³/mol. The molecule has 4 heteroatoms. The molecular formula is C15H23IN2O. The van der Waals surface area contributed by atoms with Crippen LogP contribution in [-0.2, 0) is 0 Å². The summed E-state index contributed by atoms with van der Waals surface area (Å²) in [6.07, 6.45) is 4.77. The van der Waals surface area contributed by atoms with Gasteiger partial charge in [0.2, 0.25) is 0 Å². The van der Waals surface area contributed by atoms with Crippen molar-refractivity contribution in [2.24, 2.45) is 11.3 Å². The lowest BCUT2D eigenvalue weighted by molar-refractivity contribution is 0.167. The van der Waals surface area contributed by atoms with Gasteiger partial charge in [-0.15, -0.1) is 0 Å². The van der Waals surface area contributed by atoms with Crippen LogP contribution >= 0.6 is 22.6 Å². The fourth-order valence-corrected chi connectivity index (χ4v) is 3.27. The summed E-state index contributed by atoms with van der Waals surface area (Å²) < 4.78 is 0.713. The largest absolute Gasteiger partial charge is 0.309 e. The van der Waals surface area contributed by atoms with E-state index in [9.17, 15) is 4.79 Å². The second-order valence-corrected chi connectivity index (χ2v) is 7.84. The first-order valence-electron chi connectivity index (χ1n) is 7.05. The first kappa shape index (κ1) is 15.0. The topological polar surface area (TPSA) is 45.8 Å². The third kappa shape index (κ3) is 3.38. The standard InChI is InChI=1S/C15H23IN2O/c1-9-12(16)14(19)18-13(17-9)10-5-7-11(8-6-10)15(2,3)4/h10-11H,5-8H2,1-4H3,(H,17,18,19). The van der Waals surface area contributed by atoms with Crippen LogP contribution in [0, 0.1) is 21.8 Å². The normalized spacial score (nSPS) is 24.5. The quantitative estimate of drug-likeness (QED) is 0.756. The number of halogens is 1. The van der Waals surface area contributed by atoms with Gasteiger partial charge in [0.1, 0.15) is 5.82 Å². The Labute approximate surface area is 128 Å². The van der Waals surface area contributed by atoms with E-state index in [0.29, 0.717) is 14.9 Å². The molecule has 1 aliphatic carbocycles. The van der Waals surface area contributed by atoms with E-state index in [-0.39, 0.29) is 5.56 Å². The summed E-state index contributed by atoms with van der Waals surface area (Å²) in [7, 11) is 0. The molecule has 1 N–H and O–H groups in total. The van der Waals surface area contributed by atoms with Gasteiger partial charge in [0.25, 0.3) is 5.56 Å². The minimum atomic E-state index is 0.0149. The number of hydrogen-bond acceptors (Lipinski definition) is 2. The van der Waals surface area contributed by atoms with Gasteiger partial charge in [0.05, 0.1) is 9.26 Å². The summed E-state index contributed by atoms with van der Waals surface area (Å²) in [4.78, 5) is 19.4. The van der Waals surface area contributed by atoms with Gasteiger partial charge in [-0.05, 0) is 66.5 Å². The highest BCUT2D eigenvalue weighted by atomic mass is 127. The fraction of sp³-hybridized carbons (Fsp3) is 0.733. The average Bonchev–Trinajstić information content (AvgIpc) is 2.34. The smallest absolute Gasteiger partial charge is 0.264 e. The maximum Gasteiger partial charge on any atom is 0.264 e. The maximum atomic E-state index is 11.8. The number of hydrogen-bond donors (Lipinski definition) is 1. The third-order valence-electron chi connectivity index (χ3n) is 4.39. The molecule has 0 aliphatic heterocycles. The molecular weight excluding hydrogens is 351 g/mol. The first-order chi connectivity index (χ1) is 8.79. The van der Waals surface area contributed by atoms with Crippen LogP contribution in [0.5, 0.6) is 0 Å². The van der Waals surface area contributed by atoms with Crippen molar-refractivity contribution in [3.05, 3.63) is 25.4 Å². The summed E-state index contributed by atoms with van der Waals surface area (Å²) in [5, 5.41) is 0. The summed E-state index contributed by atoms with van der Waals surface area (Å²) in [5.74, 6) is 2.12. The molecule has 0 unspecified atom stereocenters. The molecule has 1 aromatic rings. The Hall–Kier alpha value is -0.390. The van der Waals surface area contributed by atoms with Gasteiger partial charge in [-0.2, -0.15) is 0 Å². The van der Waals surface area contributed by atoms with E-state index in [2.05, 4.69) is 53.3 Å². The molecule has 0 amide bonds. The molecule has 1 aliphatic rings. The van der Waals surface area contributed by atoms with E-state index in [1.165, 1.54) is 12.8 Å². The van der Waals surface area contributed by atoms with Crippen LogP contribution in [0.4, 0.5) is 0 Å². The monoisotopic (exact) mass is 374 g/mol. The van der Waals surface area contributed by atoms with Gasteiger partial charge >= 0.3 is 0 Å². The molecule has 106 valence electrons. The SMILES string of the molecule is Cc1nc(C2CCC(C(C)(C)C)CC2)[nH]c(=O)c1I. The Kier molecular flexibility index (Phi) is 4.38. The number of H-pyrrole nitrogens is 1. The third-order valence-corrected chi connectivity index (χ3v) is 5.66. The highest BCUT2D eigenvalue weighted by Crippen LogP contribution is 2.42. The minimum absolute atomic E-state index is 0.0149. The molecule has 1 fully saturated rings. The predicted octanol–water partition coefficient (Wildman–Crippen LogP) is 4.00. The Morgan fingerprint density at radius 3 is 2.26 bits per heavy atom. The van der Waals surface area contributed by atoms with E-state index in [0.717, 1.165) is 30.3 Å². The Bertz CT molecular complexity index is 508. The molecule has 1 heterocycles. The van der Waals surface area contributed by atoms with Crippen LogP contribution < -0.4 is 5.56 Å². The molecule has 3 nitrogen and oxygen atoms in total. The fourth-order valence-electron chi connectivity index (χ4n) is 3.02. The van der Waals surface area contributed by atoms with E-state index in [1.807, 2.05) is 6.92 Å². The highest BCUT2D eigenvalue weighted by molar-refractivity contribution is 14.1. The zero-order valence-electron chi connectivity index (χ0n) is 12.2. The van der Waals surface area contributed by atoms with E-state index >= 15 is 0 Å². The van der Waals surface area contributed by atoms with Crippen molar-refractivity contribution in [2.75, 3.05) is 0 Å². The van der Waals surface area contributed by atoms with Crippen LogP contribution in [0.2, 0.25) is 0 Å². The minimum Gasteiger partial charge on any atom is -0.309 e. The van der Waals surface area contributed by atoms with E-state index in [4.69, 9.17) is 0 Å². The van der Waals surface area contributed by atoms with Crippen LogP contribution in [0.3, 0.4) is 0 Å². The molecule has 19 heavy (non-hydrogen) atoms. The zero-order chi connectivity index (χ0) is 14.2. The van der Waals surface area contributed by atoms with Gasteiger partial charge in [0, 0.05) is 5.92 Å². The lowest BCUT2D eigenvalue weighted by Gasteiger charge is -2.36. The molecule has 1 aromatic heterocycles. The molecule has 2 rings (SSSR count). The van der Waals surface area contributed by atoms with Crippen molar-refractivity contribution in [3.63, 3.8) is 0 Å². The zero-order valence-corrected chi connectivity index (χ0v) is 14.4. The van der Waals surface area contributed by atoms with Crippen molar-refractivity contribution in [1.82, 2.24) is 9.97 Å². The van der Waals surface area contributed by atoms with Crippen LogP contribution in [0.25, 0.3) is 0 Å². The second kappa shape index (κ2) is 5.54. The van der Waals surface area contributed by atoms with Gasteiger partial charge < -0.3 is 4.98 Å². The maximum absolute atomic E-state index is 11.8. The Morgan fingerprint density at radius 1 is 1.21 bits per heavy atom. The Morgan fingerprint density at radius 2 is 1.79 bits per heavy atom. The van der Waals surface area contributed by atoms with Crippen LogP contribution in [0.15, 0.2) is 4.79 Å². The molecule has 0 spiro atoms. The van der Waals surface area contributed by atoms with Crippen molar-refractivity contribution in [1.29, 1.82) is 0 Å². The highest BCUT2D eigenvalue weighted by Gasteiger charge is 2.31. The van der Waals surface area contributed by atoms with Crippen molar-refractivity contribution >= 4 is 22.6 Å². The van der Waals surface area contributed by atoms with Gasteiger partial charge in [0.15, 0.2) is 0 Å². The van der Waals surface area contributed by atoms with Gasteiger partial charge in [-0.25, -0.2) is 4.98 Å². The van der Waals surface area contributed by atoms with Crippen molar-refractivity contribution in [2.45, 2.75) is 59.3 Å². The summed E-state index contributed by atoms with van der Waals surface area (Å²) >= 11 is 2.06. The number of nitrogens with one attached hydrogen (secondary N) is 1. The van der Waals surface area contributed by atoms with Crippen molar-refractivity contribution < 1.29 is 0 Å². The van der Waals surface area contributed by atoms with Crippen LogP contribution in [0.1, 0.15) is 63.9 Å². The van der Waals surface area contributed by atoms with Crippen LogP contribution in [-0.4, -0.2) is 9.97 Å².